The Bertz CT molecular complexity index is 1290. The van der Waals surface area contributed by atoms with Crippen LogP contribution in [0, 0.1) is 0 Å². The first-order valence-corrected chi connectivity index (χ1v) is 12.4. The molecule has 3 aliphatic heterocycles. The van der Waals surface area contributed by atoms with Crippen molar-refractivity contribution in [2.45, 2.75) is 32.2 Å². The molecule has 0 saturated carbocycles. The first-order chi connectivity index (χ1) is 15.4. The number of amides is 1. The van der Waals surface area contributed by atoms with Crippen molar-refractivity contribution in [2.24, 2.45) is 4.40 Å². The minimum absolute atomic E-state index is 0.0844. The van der Waals surface area contributed by atoms with Gasteiger partial charge in [-0.05, 0) is 43.2 Å². The third-order valence-electron chi connectivity index (χ3n) is 5.68. The van der Waals surface area contributed by atoms with Crippen molar-refractivity contribution < 1.29 is 13.2 Å². The van der Waals surface area contributed by atoms with Crippen LogP contribution < -0.4 is 5.32 Å². The van der Waals surface area contributed by atoms with Crippen LogP contribution in [-0.2, 0) is 27.8 Å². The van der Waals surface area contributed by atoms with Crippen LogP contribution >= 0.6 is 11.6 Å². The molecule has 166 valence electrons. The maximum Gasteiger partial charge on any atom is 0.259 e. The zero-order valence-corrected chi connectivity index (χ0v) is 18.7. The second-order valence-electron chi connectivity index (χ2n) is 7.87. The van der Waals surface area contributed by atoms with Gasteiger partial charge < -0.3 is 14.8 Å². The minimum atomic E-state index is -3.59. The number of carbonyl (C=O) groups excluding carboxylic acids is 1. The molecule has 0 bridgehead atoms. The Kier molecular flexibility index (Phi) is 5.34. The lowest BCUT2D eigenvalue weighted by atomic mass is 10.1. The molecule has 1 aromatic heterocycles. The third kappa shape index (κ3) is 3.95. The Labute approximate surface area is 190 Å². The van der Waals surface area contributed by atoms with E-state index in [0.717, 1.165) is 38.1 Å². The molecule has 0 unspecified atom stereocenters. The van der Waals surface area contributed by atoms with Crippen LogP contribution in [0.25, 0.3) is 11.4 Å². The molecule has 9 nitrogen and oxygen atoms in total. The summed E-state index contributed by atoms with van der Waals surface area (Å²) in [5.41, 5.74) is 1.38. The van der Waals surface area contributed by atoms with E-state index in [2.05, 4.69) is 24.5 Å². The van der Waals surface area contributed by atoms with Gasteiger partial charge in [0.1, 0.15) is 5.82 Å². The summed E-state index contributed by atoms with van der Waals surface area (Å²) >= 11 is 6.47. The van der Waals surface area contributed by atoms with Crippen LogP contribution in [-0.4, -0.2) is 52.1 Å². The van der Waals surface area contributed by atoms with Crippen molar-refractivity contribution in [1.82, 2.24) is 19.7 Å². The largest absolute Gasteiger partial charge is 0.331 e. The fraction of sp³-hybridized carbons (Fsp3) is 0.333. The molecule has 4 heterocycles. The molecular weight excluding hydrogens is 452 g/mol. The number of aryl methyl sites for hydroxylation is 1. The average Bonchev–Trinajstić information content (AvgIpc) is 3.01. The number of hydrogen-bond donors (Lipinski definition) is 1. The van der Waals surface area contributed by atoms with Crippen molar-refractivity contribution in [1.29, 1.82) is 0 Å². The van der Waals surface area contributed by atoms with Gasteiger partial charge in [-0.25, -0.2) is 8.42 Å². The average molecular weight is 473 g/mol. The van der Waals surface area contributed by atoms with E-state index in [9.17, 15) is 13.2 Å². The number of halogens is 1. The molecule has 0 saturated heterocycles. The standard InChI is InChI=1S/C21H21ClN6O3S/c22-17-8-7-14(13-16(17)19-25-24-18-6-2-1-3-10-28(18)19)23-21(29)15-5-4-9-27-11-12-32(30,31)26-20(15)27/h4-5,7-9,13H,1-3,6,10-12H2,(H,23,29). The van der Waals surface area contributed by atoms with Gasteiger partial charge in [-0.1, -0.05) is 18.0 Å². The first kappa shape index (κ1) is 20.9. The molecule has 1 amide bonds. The molecule has 0 spiro atoms. The highest BCUT2D eigenvalue weighted by atomic mass is 35.5. The minimum Gasteiger partial charge on any atom is -0.331 e. The van der Waals surface area contributed by atoms with Gasteiger partial charge in [0, 0.05) is 37.0 Å². The normalized spacial score (nSPS) is 19.3. The van der Waals surface area contributed by atoms with Gasteiger partial charge in [0.25, 0.3) is 15.9 Å². The van der Waals surface area contributed by atoms with E-state index < -0.39 is 15.9 Å². The van der Waals surface area contributed by atoms with Gasteiger partial charge in [-0.15, -0.1) is 14.6 Å². The lowest BCUT2D eigenvalue weighted by Gasteiger charge is -2.28. The number of aromatic nitrogens is 3. The maximum absolute atomic E-state index is 13.0. The molecular formula is C21H21ClN6O3S. The number of amidine groups is 1. The fourth-order valence-electron chi connectivity index (χ4n) is 4.05. The maximum atomic E-state index is 13.0. The number of allylic oxidation sites excluding steroid dienone is 2. The van der Waals surface area contributed by atoms with E-state index in [1.807, 2.05) is 0 Å². The summed E-state index contributed by atoms with van der Waals surface area (Å²) in [7, 11) is -3.59. The van der Waals surface area contributed by atoms with Crippen molar-refractivity contribution >= 4 is 39.1 Å². The number of nitrogens with zero attached hydrogens (tertiary/aromatic N) is 5. The second kappa shape index (κ2) is 8.18. The predicted molar refractivity (Wildman–Crippen MR) is 122 cm³/mol. The van der Waals surface area contributed by atoms with E-state index in [4.69, 9.17) is 11.6 Å². The zero-order valence-electron chi connectivity index (χ0n) is 17.2. The summed E-state index contributed by atoms with van der Waals surface area (Å²) in [5, 5.41) is 12.0. The number of carbonyl (C=O) groups is 1. The fourth-order valence-corrected chi connectivity index (χ4v) is 5.24. The number of rotatable bonds is 3. The Morgan fingerprint density at radius 2 is 2.00 bits per heavy atom. The molecule has 3 aliphatic rings. The number of benzene rings is 1. The quantitative estimate of drug-likeness (QED) is 0.735. The number of fused-ring (bicyclic) bond motifs is 2. The molecule has 5 rings (SSSR count). The molecule has 0 radical (unpaired) electrons. The molecule has 0 atom stereocenters. The summed E-state index contributed by atoms with van der Waals surface area (Å²) in [6.45, 7) is 1.08. The third-order valence-corrected chi connectivity index (χ3v) is 7.16. The van der Waals surface area contributed by atoms with Crippen molar-refractivity contribution in [3.05, 3.63) is 53.0 Å². The zero-order chi connectivity index (χ0) is 22.3. The Balaban J connectivity index is 1.44. The number of anilines is 1. The van der Waals surface area contributed by atoms with Gasteiger partial charge in [-0.2, -0.15) is 0 Å². The van der Waals surface area contributed by atoms with E-state index in [-0.39, 0.29) is 23.7 Å². The predicted octanol–water partition coefficient (Wildman–Crippen LogP) is 2.76. The molecule has 1 N–H and O–H groups in total. The smallest absolute Gasteiger partial charge is 0.259 e. The van der Waals surface area contributed by atoms with Gasteiger partial charge >= 0.3 is 0 Å². The Morgan fingerprint density at radius 3 is 2.88 bits per heavy atom. The lowest BCUT2D eigenvalue weighted by Crippen LogP contribution is -2.40. The highest BCUT2D eigenvalue weighted by Crippen LogP contribution is 2.31. The first-order valence-electron chi connectivity index (χ1n) is 10.4. The Morgan fingerprint density at radius 1 is 1.12 bits per heavy atom. The summed E-state index contributed by atoms with van der Waals surface area (Å²) in [6, 6.07) is 5.16. The van der Waals surface area contributed by atoms with Crippen LogP contribution in [0.1, 0.15) is 25.1 Å². The van der Waals surface area contributed by atoms with Crippen molar-refractivity contribution in [2.75, 3.05) is 17.6 Å². The van der Waals surface area contributed by atoms with Gasteiger partial charge in [0.15, 0.2) is 11.7 Å². The second-order valence-corrected chi connectivity index (χ2v) is 10.0. The van der Waals surface area contributed by atoms with Gasteiger partial charge in [0.05, 0.1) is 16.3 Å². The van der Waals surface area contributed by atoms with E-state index in [1.54, 1.807) is 41.5 Å². The molecule has 0 aliphatic carbocycles. The lowest BCUT2D eigenvalue weighted by molar-refractivity contribution is -0.112. The van der Waals surface area contributed by atoms with Crippen molar-refractivity contribution in [3.8, 4) is 11.4 Å². The molecule has 0 fully saturated rings. The number of hydrogen-bond acceptors (Lipinski definition) is 6. The molecule has 32 heavy (non-hydrogen) atoms. The highest BCUT2D eigenvalue weighted by molar-refractivity contribution is 7.90. The van der Waals surface area contributed by atoms with E-state index >= 15 is 0 Å². The van der Waals surface area contributed by atoms with E-state index in [0.29, 0.717) is 22.1 Å². The molecule has 1 aromatic carbocycles. The van der Waals surface area contributed by atoms with Crippen LogP contribution in [0.3, 0.4) is 0 Å². The van der Waals surface area contributed by atoms with Gasteiger partial charge in [0.2, 0.25) is 0 Å². The van der Waals surface area contributed by atoms with Crippen LogP contribution in [0.15, 0.2) is 46.5 Å². The van der Waals surface area contributed by atoms with Crippen LogP contribution in [0.4, 0.5) is 5.69 Å². The highest BCUT2D eigenvalue weighted by Gasteiger charge is 2.30. The number of sulfonamides is 1. The number of nitrogens with one attached hydrogen (secondary N) is 1. The summed E-state index contributed by atoms with van der Waals surface area (Å²) in [6.07, 6.45) is 9.13. The van der Waals surface area contributed by atoms with E-state index in [1.165, 1.54) is 0 Å². The monoisotopic (exact) mass is 472 g/mol. The summed E-state index contributed by atoms with van der Waals surface area (Å²) < 4.78 is 29.8. The Hall–Kier alpha value is -2.98. The summed E-state index contributed by atoms with van der Waals surface area (Å²) in [4.78, 5) is 14.7. The van der Waals surface area contributed by atoms with Crippen LogP contribution in [0.5, 0.6) is 0 Å². The van der Waals surface area contributed by atoms with Gasteiger partial charge in [-0.3, -0.25) is 4.79 Å². The SMILES string of the molecule is O=C(Nc1ccc(Cl)c(-c2nnc3n2CCCCC3)c1)C1=CC=CN2CCS(=O)(=O)N=C12. The molecule has 2 aromatic rings. The molecule has 11 heteroatoms. The topological polar surface area (TPSA) is 110 Å². The van der Waals surface area contributed by atoms with Crippen LogP contribution in [0.2, 0.25) is 5.02 Å². The van der Waals surface area contributed by atoms with Crippen molar-refractivity contribution in [3.63, 3.8) is 0 Å². The summed E-state index contributed by atoms with van der Waals surface area (Å²) in [5.74, 6) is 1.21.